The van der Waals surface area contributed by atoms with Crippen molar-refractivity contribution in [2.24, 2.45) is 0 Å². The lowest BCUT2D eigenvalue weighted by Crippen LogP contribution is -2.26. The van der Waals surface area contributed by atoms with Gasteiger partial charge in [-0.2, -0.15) is 4.58 Å². The molecular weight excluding hydrogens is 516 g/mol. The summed E-state index contributed by atoms with van der Waals surface area (Å²) in [5, 5.41) is 0. The van der Waals surface area contributed by atoms with E-state index in [0.717, 1.165) is 30.5 Å². The highest BCUT2D eigenvalue weighted by Crippen LogP contribution is 2.47. The van der Waals surface area contributed by atoms with E-state index in [1.54, 1.807) is 0 Å². The fourth-order valence-corrected chi connectivity index (χ4v) is 7.60. The molecule has 2 aromatic rings. The number of fused-ring (bicyclic) bond motifs is 2. The number of hydrogen-bond acceptors (Lipinski definition) is 2. The molecule has 0 N–H and O–H groups in total. The minimum atomic E-state index is -0.0455. The fraction of sp³-hybridized carbons (Fsp3) is 0.316. The molecule has 0 radical (unpaired) electrons. The Morgan fingerprint density at radius 1 is 0.878 bits per heavy atom. The number of anilines is 1. The summed E-state index contributed by atoms with van der Waals surface area (Å²) in [5.74, 6) is 0. The zero-order valence-corrected chi connectivity index (χ0v) is 26.1. The van der Waals surface area contributed by atoms with E-state index in [9.17, 15) is 0 Å². The Kier molecular flexibility index (Phi) is 6.98. The summed E-state index contributed by atoms with van der Waals surface area (Å²) < 4.78 is 2.36. The first-order chi connectivity index (χ1) is 19.6. The number of thiocarbonyl (C=S) groups is 1. The van der Waals surface area contributed by atoms with Gasteiger partial charge in [0, 0.05) is 52.8 Å². The molecule has 208 valence electrons. The van der Waals surface area contributed by atoms with Gasteiger partial charge in [0.15, 0.2) is 5.71 Å². The van der Waals surface area contributed by atoms with Gasteiger partial charge in [0.25, 0.3) is 0 Å². The second-order valence-electron chi connectivity index (χ2n) is 12.8. The van der Waals surface area contributed by atoms with Crippen LogP contribution >= 0.6 is 12.2 Å². The van der Waals surface area contributed by atoms with Crippen LogP contribution < -0.4 is 4.90 Å². The van der Waals surface area contributed by atoms with Crippen molar-refractivity contribution in [2.45, 2.75) is 64.2 Å². The van der Waals surface area contributed by atoms with Crippen LogP contribution in [0.3, 0.4) is 0 Å². The molecule has 0 saturated carbocycles. The van der Waals surface area contributed by atoms with Crippen LogP contribution in [0.15, 0.2) is 119 Å². The van der Waals surface area contributed by atoms with E-state index in [4.69, 9.17) is 12.2 Å². The summed E-state index contributed by atoms with van der Waals surface area (Å²) in [6.45, 7) is 9.35. The maximum absolute atomic E-state index is 5.96. The van der Waals surface area contributed by atoms with E-state index in [-0.39, 0.29) is 10.8 Å². The van der Waals surface area contributed by atoms with E-state index >= 15 is 0 Å². The van der Waals surface area contributed by atoms with Gasteiger partial charge in [-0.15, -0.1) is 0 Å². The molecule has 2 aromatic carbocycles. The van der Waals surface area contributed by atoms with Crippen LogP contribution in [-0.4, -0.2) is 29.2 Å². The molecule has 2 aliphatic carbocycles. The van der Waals surface area contributed by atoms with Crippen LogP contribution in [0.5, 0.6) is 0 Å². The smallest absolute Gasteiger partial charge is 0.209 e. The van der Waals surface area contributed by atoms with Gasteiger partial charge in [0.2, 0.25) is 5.69 Å². The van der Waals surface area contributed by atoms with Crippen molar-refractivity contribution in [1.29, 1.82) is 0 Å². The fourth-order valence-electron chi connectivity index (χ4n) is 7.33. The molecule has 2 nitrogen and oxygen atoms in total. The van der Waals surface area contributed by atoms with Crippen molar-refractivity contribution in [2.75, 3.05) is 19.0 Å². The topological polar surface area (TPSA) is 6.25 Å². The number of nitrogens with zero attached hydrogens (tertiary/aromatic N) is 2. The maximum atomic E-state index is 5.96. The Bertz CT molecular complexity index is 1670. The highest BCUT2D eigenvalue weighted by molar-refractivity contribution is 7.80. The van der Waals surface area contributed by atoms with Gasteiger partial charge in [-0.3, -0.25) is 0 Å². The minimum Gasteiger partial charge on any atom is -0.347 e. The van der Waals surface area contributed by atoms with Crippen LogP contribution in [0.1, 0.15) is 64.5 Å². The summed E-state index contributed by atoms with van der Waals surface area (Å²) in [7, 11) is 4.39. The lowest BCUT2D eigenvalue weighted by atomic mass is 9.78. The molecule has 0 aromatic heterocycles. The Labute approximate surface area is 251 Å². The van der Waals surface area contributed by atoms with E-state index in [2.05, 4.69) is 142 Å². The van der Waals surface area contributed by atoms with Gasteiger partial charge < -0.3 is 4.90 Å². The third-order valence-corrected chi connectivity index (χ3v) is 9.96. The number of allylic oxidation sites excluding steroid dienone is 12. The highest BCUT2D eigenvalue weighted by atomic mass is 32.1. The van der Waals surface area contributed by atoms with Crippen molar-refractivity contribution in [3.63, 3.8) is 0 Å². The lowest BCUT2D eigenvalue weighted by molar-refractivity contribution is -0.401. The van der Waals surface area contributed by atoms with E-state index in [1.165, 1.54) is 56.2 Å². The molecule has 0 amide bonds. The molecule has 3 heteroatoms. The van der Waals surface area contributed by atoms with Gasteiger partial charge in [0.05, 0.1) is 5.41 Å². The van der Waals surface area contributed by atoms with E-state index < -0.39 is 0 Å². The lowest BCUT2D eigenvalue weighted by Gasteiger charge is -2.27. The third-order valence-electron chi connectivity index (χ3n) is 9.57. The molecule has 4 aliphatic rings. The Morgan fingerprint density at radius 3 is 2.34 bits per heavy atom. The molecule has 0 spiro atoms. The molecule has 0 bridgehead atoms. The van der Waals surface area contributed by atoms with Crippen molar-refractivity contribution in [1.82, 2.24) is 0 Å². The monoisotopic (exact) mass is 557 g/mol. The minimum absolute atomic E-state index is 0.0455. The first-order valence-corrected chi connectivity index (χ1v) is 15.3. The van der Waals surface area contributed by atoms with Gasteiger partial charge >= 0.3 is 0 Å². The van der Waals surface area contributed by atoms with Crippen LogP contribution in [0.4, 0.5) is 11.4 Å². The van der Waals surface area contributed by atoms with E-state index in [0.29, 0.717) is 0 Å². The van der Waals surface area contributed by atoms with Gasteiger partial charge in [-0.1, -0.05) is 92.8 Å². The normalized spacial score (nSPS) is 23.2. The summed E-state index contributed by atoms with van der Waals surface area (Å²) >= 11 is 5.96. The number of benzene rings is 2. The average Bonchev–Trinajstić information content (AvgIpc) is 3.28. The standard InChI is InChI=1S/C38H41N2S/c1-37(2)29-17-8-10-19-31(29)39(5)34(37)24-22-26-14-13-15-27(36(26)28-16-7-12-21-33(28)41)23-25-35-38(3,4)30-18-9-11-20-32(30)40(35)6/h7-12,16-20,22-25H,13-15,21H2,1-6H3/q+1. The summed E-state index contributed by atoms with van der Waals surface area (Å²) in [6.07, 6.45) is 20.2. The predicted molar refractivity (Wildman–Crippen MR) is 179 cm³/mol. The van der Waals surface area contributed by atoms with Crippen LogP contribution in [0.2, 0.25) is 0 Å². The summed E-state index contributed by atoms with van der Waals surface area (Å²) in [5.41, 5.74) is 13.3. The zero-order chi connectivity index (χ0) is 28.9. The van der Waals surface area contributed by atoms with Crippen LogP contribution in [0.25, 0.3) is 0 Å². The molecule has 41 heavy (non-hydrogen) atoms. The molecule has 0 unspecified atom stereocenters. The largest absolute Gasteiger partial charge is 0.347 e. The van der Waals surface area contributed by atoms with Crippen LogP contribution in [0, 0.1) is 0 Å². The van der Waals surface area contributed by atoms with Crippen molar-refractivity contribution in [3.8, 4) is 0 Å². The number of hydrogen-bond donors (Lipinski definition) is 0. The maximum Gasteiger partial charge on any atom is 0.209 e. The van der Waals surface area contributed by atoms with Crippen molar-refractivity contribution >= 4 is 34.2 Å². The number of likely N-dealkylation sites (N-methyl/N-ethyl adjacent to an activating group) is 1. The average molecular weight is 558 g/mol. The zero-order valence-electron chi connectivity index (χ0n) is 25.3. The summed E-state index contributed by atoms with van der Waals surface area (Å²) in [4.78, 5) is 3.40. The first kappa shape index (κ1) is 27.6. The van der Waals surface area contributed by atoms with Gasteiger partial charge in [0.1, 0.15) is 7.05 Å². The molecule has 0 saturated heterocycles. The number of para-hydroxylation sites is 2. The van der Waals surface area contributed by atoms with Crippen LogP contribution in [-0.2, 0) is 10.8 Å². The third kappa shape index (κ3) is 4.55. The van der Waals surface area contributed by atoms with Gasteiger partial charge in [-0.05, 0) is 73.1 Å². The summed E-state index contributed by atoms with van der Waals surface area (Å²) in [6, 6.07) is 17.6. The molecular formula is C38H41N2S+. The first-order valence-electron chi connectivity index (χ1n) is 14.9. The highest BCUT2D eigenvalue weighted by Gasteiger charge is 2.42. The van der Waals surface area contributed by atoms with Crippen molar-refractivity contribution < 1.29 is 4.58 Å². The second-order valence-corrected chi connectivity index (χ2v) is 13.2. The molecule has 0 fully saturated rings. The molecule has 2 heterocycles. The Balaban J connectivity index is 1.45. The van der Waals surface area contributed by atoms with Gasteiger partial charge in [-0.25, -0.2) is 0 Å². The second kappa shape index (κ2) is 10.4. The Hall–Kier alpha value is -3.56. The molecule has 0 atom stereocenters. The Morgan fingerprint density at radius 2 is 1.61 bits per heavy atom. The molecule has 2 aliphatic heterocycles. The molecule has 6 rings (SSSR count). The van der Waals surface area contributed by atoms with Crippen molar-refractivity contribution in [3.05, 3.63) is 130 Å². The van der Waals surface area contributed by atoms with E-state index in [1.807, 2.05) is 0 Å². The quantitative estimate of drug-likeness (QED) is 0.273. The predicted octanol–water partition coefficient (Wildman–Crippen LogP) is 9.22. The number of rotatable bonds is 4. The SMILES string of the molecule is CN1C(=CC=C2CCCC(C=CC3=[N+](C)c4ccccc4C3(C)C)=C2C2=CC=CCC2=S)C(C)(C)c2ccccc21.